The Morgan fingerprint density at radius 3 is 2.92 bits per heavy atom. The first kappa shape index (κ1) is 15.0. The highest BCUT2D eigenvalue weighted by Crippen LogP contribution is 2.31. The normalized spacial score (nSPS) is 25.4. The summed E-state index contributed by atoms with van der Waals surface area (Å²) in [5.41, 5.74) is 1.43. The van der Waals surface area contributed by atoms with Gasteiger partial charge < -0.3 is 10.2 Å². The van der Waals surface area contributed by atoms with Crippen molar-refractivity contribution in [1.29, 1.82) is 0 Å². The van der Waals surface area contributed by atoms with Gasteiger partial charge in [-0.3, -0.25) is 4.79 Å². The molecule has 0 aliphatic carbocycles. The van der Waals surface area contributed by atoms with Gasteiger partial charge in [0, 0.05) is 29.5 Å². The lowest BCUT2D eigenvalue weighted by Crippen LogP contribution is -2.57. The quantitative estimate of drug-likeness (QED) is 0.775. The molecule has 0 unspecified atom stereocenters. The van der Waals surface area contributed by atoms with Crippen molar-refractivity contribution in [3.63, 3.8) is 0 Å². The first-order valence-corrected chi connectivity index (χ1v) is 9.42. The standard InChI is InChI=1S/C17H18N6OS/c24-17(21-13-7-22-5-2-11(13)3-6-22)15-16-12(1-4-19-15)14(8-25-16)23-10-18-9-20-23/h1,4,8-11,13H,2-3,5-7H2,(H,21,24)/t13-/m0/s1. The lowest BCUT2D eigenvalue weighted by atomic mass is 9.84. The Kier molecular flexibility index (Phi) is 3.53. The number of hydrogen-bond donors (Lipinski definition) is 1. The van der Waals surface area contributed by atoms with Crippen molar-refractivity contribution in [1.82, 2.24) is 30.0 Å². The second-order valence-electron chi connectivity index (χ2n) is 6.72. The number of hydrogen-bond acceptors (Lipinski definition) is 6. The van der Waals surface area contributed by atoms with Gasteiger partial charge in [-0.2, -0.15) is 5.10 Å². The van der Waals surface area contributed by atoms with Crippen LogP contribution in [0.4, 0.5) is 0 Å². The summed E-state index contributed by atoms with van der Waals surface area (Å²) in [4.78, 5) is 23.7. The number of nitrogens with zero attached hydrogens (tertiary/aromatic N) is 5. The van der Waals surface area contributed by atoms with Crippen LogP contribution in [0, 0.1) is 5.92 Å². The molecular formula is C17H18N6OS. The molecule has 6 rings (SSSR count). The van der Waals surface area contributed by atoms with E-state index < -0.39 is 0 Å². The van der Waals surface area contributed by atoms with Gasteiger partial charge in [0.15, 0.2) is 0 Å². The molecule has 2 bridgehead atoms. The van der Waals surface area contributed by atoms with E-state index in [1.165, 1.54) is 30.5 Å². The van der Waals surface area contributed by atoms with Crippen LogP contribution in [0.25, 0.3) is 15.8 Å². The maximum absolute atomic E-state index is 12.9. The van der Waals surface area contributed by atoms with Gasteiger partial charge in [0.2, 0.25) is 0 Å². The fourth-order valence-corrected chi connectivity index (χ4v) is 5.01. The van der Waals surface area contributed by atoms with Crippen molar-refractivity contribution >= 4 is 27.3 Å². The van der Waals surface area contributed by atoms with Crippen molar-refractivity contribution in [2.75, 3.05) is 19.6 Å². The molecule has 25 heavy (non-hydrogen) atoms. The molecule has 0 saturated carbocycles. The maximum atomic E-state index is 12.9. The summed E-state index contributed by atoms with van der Waals surface area (Å²) in [5.74, 6) is 0.526. The maximum Gasteiger partial charge on any atom is 0.271 e. The average molecular weight is 354 g/mol. The lowest BCUT2D eigenvalue weighted by Gasteiger charge is -2.44. The largest absolute Gasteiger partial charge is 0.346 e. The first-order valence-electron chi connectivity index (χ1n) is 8.54. The summed E-state index contributed by atoms with van der Waals surface area (Å²) < 4.78 is 2.61. The highest BCUT2D eigenvalue weighted by Gasteiger charge is 2.35. The van der Waals surface area contributed by atoms with Crippen molar-refractivity contribution in [2.24, 2.45) is 5.92 Å². The number of nitrogens with one attached hydrogen (secondary N) is 1. The average Bonchev–Trinajstić information content (AvgIpc) is 3.31. The van der Waals surface area contributed by atoms with Crippen LogP contribution in [0.2, 0.25) is 0 Å². The van der Waals surface area contributed by atoms with Crippen LogP contribution < -0.4 is 5.32 Å². The summed E-state index contributed by atoms with van der Waals surface area (Å²) in [7, 11) is 0. The summed E-state index contributed by atoms with van der Waals surface area (Å²) in [6.45, 7) is 3.29. The number of rotatable bonds is 3. The number of aromatic nitrogens is 4. The van der Waals surface area contributed by atoms with Crippen molar-refractivity contribution in [3.05, 3.63) is 36.0 Å². The van der Waals surface area contributed by atoms with Crippen LogP contribution in [-0.4, -0.2) is 56.2 Å². The Balaban J connectivity index is 1.45. The molecule has 3 fully saturated rings. The molecule has 1 atom stereocenters. The molecule has 3 aromatic heterocycles. The Hall–Kier alpha value is -2.32. The van der Waals surface area contributed by atoms with Crippen molar-refractivity contribution in [3.8, 4) is 5.69 Å². The molecule has 0 aromatic carbocycles. The summed E-state index contributed by atoms with van der Waals surface area (Å²) in [6, 6.07) is 2.16. The number of pyridine rings is 1. The second kappa shape index (κ2) is 5.89. The van der Waals surface area contributed by atoms with E-state index in [1.807, 2.05) is 11.4 Å². The SMILES string of the molecule is O=C(N[C@H]1CN2CCC1CC2)c1nccc2c(-n3cncn3)csc12. The minimum absolute atomic E-state index is 0.0728. The van der Waals surface area contributed by atoms with Crippen molar-refractivity contribution < 1.29 is 4.79 Å². The molecule has 3 aliphatic heterocycles. The zero-order chi connectivity index (χ0) is 16.8. The zero-order valence-corrected chi connectivity index (χ0v) is 14.4. The highest BCUT2D eigenvalue weighted by molar-refractivity contribution is 7.18. The summed E-state index contributed by atoms with van der Waals surface area (Å²) in [5, 5.41) is 10.4. The lowest BCUT2D eigenvalue weighted by molar-refractivity contribution is 0.0619. The van der Waals surface area contributed by atoms with Crippen LogP contribution in [0.15, 0.2) is 30.3 Å². The van der Waals surface area contributed by atoms with Crippen molar-refractivity contribution in [2.45, 2.75) is 18.9 Å². The topological polar surface area (TPSA) is 75.9 Å². The zero-order valence-electron chi connectivity index (χ0n) is 13.6. The third kappa shape index (κ3) is 2.52. The first-order chi connectivity index (χ1) is 12.3. The molecule has 8 heteroatoms. The third-order valence-corrected chi connectivity index (χ3v) is 6.31. The predicted molar refractivity (Wildman–Crippen MR) is 95.0 cm³/mol. The fraction of sp³-hybridized carbons (Fsp3) is 0.412. The number of carbonyl (C=O) groups is 1. The smallest absolute Gasteiger partial charge is 0.271 e. The van der Waals surface area contributed by atoms with Crippen LogP contribution >= 0.6 is 11.3 Å². The number of piperidine rings is 3. The molecule has 3 aliphatic rings. The molecule has 1 amide bonds. The molecular weight excluding hydrogens is 336 g/mol. The van der Waals surface area contributed by atoms with E-state index in [-0.39, 0.29) is 11.9 Å². The van der Waals surface area contributed by atoms with Gasteiger partial charge in [-0.15, -0.1) is 11.3 Å². The number of thiophene rings is 1. The van der Waals surface area contributed by atoms with Gasteiger partial charge in [0.25, 0.3) is 5.91 Å². The number of amides is 1. The minimum atomic E-state index is -0.0728. The minimum Gasteiger partial charge on any atom is -0.346 e. The van der Waals surface area contributed by atoms with Crippen LogP contribution in [0.1, 0.15) is 23.3 Å². The molecule has 0 spiro atoms. The van der Waals surface area contributed by atoms with Gasteiger partial charge in [0.1, 0.15) is 18.3 Å². The monoisotopic (exact) mass is 354 g/mol. The van der Waals surface area contributed by atoms with Gasteiger partial charge in [0.05, 0.1) is 10.4 Å². The van der Waals surface area contributed by atoms with Crippen LogP contribution in [0.5, 0.6) is 0 Å². The van der Waals surface area contributed by atoms with Crippen LogP contribution in [0.3, 0.4) is 0 Å². The third-order valence-electron chi connectivity index (χ3n) is 5.32. The van der Waals surface area contributed by atoms with Crippen LogP contribution in [-0.2, 0) is 0 Å². The van der Waals surface area contributed by atoms with Gasteiger partial charge in [-0.05, 0) is 37.9 Å². The molecule has 3 aromatic rings. The predicted octanol–water partition coefficient (Wildman–Crippen LogP) is 1.70. The molecule has 1 N–H and O–H groups in total. The Labute approximate surface area is 148 Å². The van der Waals surface area contributed by atoms with E-state index in [0.29, 0.717) is 11.6 Å². The molecule has 128 valence electrons. The van der Waals surface area contributed by atoms with E-state index in [1.54, 1.807) is 17.2 Å². The van der Waals surface area contributed by atoms with E-state index in [9.17, 15) is 4.79 Å². The number of fused-ring (bicyclic) bond motifs is 4. The number of carbonyl (C=O) groups excluding carboxylic acids is 1. The fourth-order valence-electron chi connectivity index (χ4n) is 3.98. The Bertz CT molecular complexity index is 913. The van der Waals surface area contributed by atoms with E-state index >= 15 is 0 Å². The Morgan fingerprint density at radius 2 is 2.20 bits per heavy atom. The van der Waals surface area contributed by atoms with E-state index in [0.717, 1.165) is 35.4 Å². The molecule has 3 saturated heterocycles. The summed E-state index contributed by atoms with van der Waals surface area (Å²) >= 11 is 1.52. The van der Waals surface area contributed by atoms with Gasteiger partial charge in [-0.25, -0.2) is 14.6 Å². The Morgan fingerprint density at radius 1 is 1.32 bits per heavy atom. The van der Waals surface area contributed by atoms with Gasteiger partial charge in [-0.1, -0.05) is 0 Å². The summed E-state index contributed by atoms with van der Waals surface area (Å²) in [6.07, 6.45) is 7.22. The van der Waals surface area contributed by atoms with Gasteiger partial charge >= 0.3 is 0 Å². The highest BCUT2D eigenvalue weighted by atomic mass is 32.1. The molecule has 0 radical (unpaired) electrons. The second-order valence-corrected chi connectivity index (χ2v) is 7.59. The molecule has 7 nitrogen and oxygen atoms in total. The molecule has 6 heterocycles. The van der Waals surface area contributed by atoms with E-state index in [2.05, 4.69) is 25.3 Å². The van der Waals surface area contributed by atoms with E-state index in [4.69, 9.17) is 0 Å².